The van der Waals surface area contributed by atoms with E-state index in [1.165, 1.54) is 0 Å². The number of hydrogen-bond acceptors (Lipinski definition) is 2. The van der Waals surface area contributed by atoms with Crippen molar-refractivity contribution < 1.29 is 0 Å². The van der Waals surface area contributed by atoms with Crippen molar-refractivity contribution >= 4 is 0 Å². The van der Waals surface area contributed by atoms with Crippen LogP contribution in [0.3, 0.4) is 0 Å². The number of rotatable bonds is 5. The predicted octanol–water partition coefficient (Wildman–Crippen LogP) is 0.409. The van der Waals surface area contributed by atoms with Crippen molar-refractivity contribution in [1.29, 1.82) is 0 Å². The maximum Gasteiger partial charge on any atom is 0.328 e. The van der Waals surface area contributed by atoms with Crippen molar-refractivity contribution in [1.82, 2.24) is 9.13 Å². The second-order valence-electron chi connectivity index (χ2n) is 3.06. The Morgan fingerprint density at radius 2 is 2.00 bits per heavy atom. The Labute approximate surface area is 78.0 Å². The zero-order chi connectivity index (χ0) is 9.68. The average Bonchev–Trinajstić information content (AvgIpc) is 2.48. The van der Waals surface area contributed by atoms with Crippen LogP contribution in [0.25, 0.3) is 0 Å². The summed E-state index contributed by atoms with van der Waals surface area (Å²) < 4.78 is 3.43. The molecule has 1 aromatic rings. The molecule has 0 saturated carbocycles. The number of nitrogens with two attached hydrogens (primary N) is 1. The molecule has 0 aliphatic carbocycles. The fourth-order valence-corrected chi connectivity index (χ4v) is 1.29. The van der Waals surface area contributed by atoms with Gasteiger partial charge in [0.1, 0.15) is 0 Å². The second-order valence-corrected chi connectivity index (χ2v) is 3.06. The van der Waals surface area contributed by atoms with E-state index in [0.29, 0.717) is 6.54 Å². The van der Waals surface area contributed by atoms with Gasteiger partial charge in [0.25, 0.3) is 0 Å². The third kappa shape index (κ3) is 2.45. The Hall–Kier alpha value is -1.03. The highest BCUT2D eigenvalue weighted by Gasteiger charge is 1.99. The van der Waals surface area contributed by atoms with Crippen molar-refractivity contribution in [2.24, 2.45) is 5.73 Å². The van der Waals surface area contributed by atoms with E-state index >= 15 is 0 Å². The van der Waals surface area contributed by atoms with Gasteiger partial charge in [-0.1, -0.05) is 0 Å². The predicted molar refractivity (Wildman–Crippen MR) is 52.7 cm³/mol. The topological polar surface area (TPSA) is 52.9 Å². The van der Waals surface area contributed by atoms with Gasteiger partial charge in [-0.15, -0.1) is 0 Å². The van der Waals surface area contributed by atoms with Crippen LogP contribution in [0.1, 0.15) is 19.8 Å². The summed E-state index contributed by atoms with van der Waals surface area (Å²) in [5, 5.41) is 0. The van der Waals surface area contributed by atoms with Crippen LogP contribution in [0.2, 0.25) is 0 Å². The van der Waals surface area contributed by atoms with E-state index in [9.17, 15) is 4.79 Å². The fraction of sp³-hybridized carbons (Fsp3) is 0.667. The summed E-state index contributed by atoms with van der Waals surface area (Å²) in [5.74, 6) is 0. The smallest absolute Gasteiger partial charge is 0.328 e. The maximum absolute atomic E-state index is 11.5. The molecule has 0 fully saturated rings. The highest BCUT2D eigenvalue weighted by atomic mass is 16.1. The minimum absolute atomic E-state index is 0.0829. The molecule has 13 heavy (non-hydrogen) atoms. The van der Waals surface area contributed by atoms with Gasteiger partial charge in [-0.2, -0.15) is 0 Å². The zero-order valence-electron chi connectivity index (χ0n) is 8.07. The molecule has 1 rings (SSSR count). The van der Waals surface area contributed by atoms with Crippen LogP contribution >= 0.6 is 0 Å². The van der Waals surface area contributed by atoms with E-state index in [2.05, 4.69) is 0 Å². The summed E-state index contributed by atoms with van der Waals surface area (Å²) in [5.41, 5.74) is 5.45. The molecule has 0 aliphatic heterocycles. The summed E-state index contributed by atoms with van der Waals surface area (Å²) in [6, 6.07) is 0. The van der Waals surface area contributed by atoms with Gasteiger partial charge < -0.3 is 5.73 Å². The molecule has 2 N–H and O–H groups in total. The standard InChI is InChI=1S/C9H17N3O/c1-2-11-7-8-12(9(11)13)6-4-3-5-10/h7-8H,2-6,10H2,1H3. The first-order valence-electron chi connectivity index (χ1n) is 4.75. The van der Waals surface area contributed by atoms with Crippen LogP contribution < -0.4 is 11.4 Å². The van der Waals surface area contributed by atoms with Crippen LogP contribution in [-0.4, -0.2) is 15.7 Å². The Balaban J connectivity index is 2.57. The molecule has 0 saturated heterocycles. The first-order chi connectivity index (χ1) is 6.29. The molecule has 4 heteroatoms. The molecule has 1 heterocycles. The summed E-state index contributed by atoms with van der Waals surface area (Å²) in [4.78, 5) is 11.5. The summed E-state index contributed by atoms with van der Waals surface area (Å²) in [7, 11) is 0. The second kappa shape index (κ2) is 4.87. The first-order valence-corrected chi connectivity index (χ1v) is 4.75. The van der Waals surface area contributed by atoms with Gasteiger partial charge in [0.05, 0.1) is 0 Å². The zero-order valence-corrected chi connectivity index (χ0v) is 8.07. The summed E-state index contributed by atoms with van der Waals surface area (Å²) in [6.45, 7) is 4.18. The molecule has 74 valence electrons. The molecule has 1 aromatic heterocycles. The normalized spacial score (nSPS) is 10.6. The van der Waals surface area contributed by atoms with Crippen molar-refractivity contribution in [2.45, 2.75) is 32.9 Å². The molecule has 0 spiro atoms. The number of hydrogen-bond donors (Lipinski definition) is 1. The largest absolute Gasteiger partial charge is 0.330 e. The molecular formula is C9H17N3O. The first kappa shape index (κ1) is 10.1. The lowest BCUT2D eigenvalue weighted by Gasteiger charge is -1.99. The highest BCUT2D eigenvalue weighted by Crippen LogP contribution is 1.91. The number of aromatic nitrogens is 2. The molecule has 4 nitrogen and oxygen atoms in total. The third-order valence-electron chi connectivity index (χ3n) is 2.11. The van der Waals surface area contributed by atoms with Crippen molar-refractivity contribution in [3.63, 3.8) is 0 Å². The fourth-order valence-electron chi connectivity index (χ4n) is 1.29. The highest BCUT2D eigenvalue weighted by molar-refractivity contribution is 4.80. The van der Waals surface area contributed by atoms with E-state index in [1.54, 1.807) is 9.13 Å². The lowest BCUT2D eigenvalue weighted by Crippen LogP contribution is -2.23. The Kier molecular flexibility index (Phi) is 3.76. The van der Waals surface area contributed by atoms with Gasteiger partial charge in [0.15, 0.2) is 0 Å². The molecule has 0 aliphatic rings. The maximum atomic E-state index is 11.5. The van der Waals surface area contributed by atoms with Gasteiger partial charge >= 0.3 is 5.69 Å². The molecule has 0 unspecified atom stereocenters. The van der Waals surface area contributed by atoms with Crippen LogP contribution in [-0.2, 0) is 13.1 Å². The van der Waals surface area contributed by atoms with E-state index in [1.807, 2.05) is 19.3 Å². The number of aryl methyl sites for hydroxylation is 2. The Morgan fingerprint density at radius 1 is 1.31 bits per heavy atom. The van der Waals surface area contributed by atoms with Crippen molar-refractivity contribution in [3.8, 4) is 0 Å². The Morgan fingerprint density at radius 3 is 2.54 bits per heavy atom. The van der Waals surface area contributed by atoms with Gasteiger partial charge in [0.2, 0.25) is 0 Å². The van der Waals surface area contributed by atoms with Gasteiger partial charge in [-0.25, -0.2) is 4.79 Å². The number of unbranched alkanes of at least 4 members (excludes halogenated alkanes) is 1. The summed E-state index contributed by atoms with van der Waals surface area (Å²) in [6.07, 6.45) is 5.61. The van der Waals surface area contributed by atoms with Crippen LogP contribution in [0, 0.1) is 0 Å². The van der Waals surface area contributed by atoms with Gasteiger partial charge in [-0.05, 0) is 26.3 Å². The molecule has 0 amide bonds. The lowest BCUT2D eigenvalue weighted by molar-refractivity contribution is 0.579. The number of nitrogens with zero attached hydrogens (tertiary/aromatic N) is 2. The van der Waals surface area contributed by atoms with Gasteiger partial charge in [-0.3, -0.25) is 9.13 Å². The quantitative estimate of drug-likeness (QED) is 0.672. The molecule has 0 atom stereocenters. The number of imidazole rings is 1. The molecule has 0 radical (unpaired) electrons. The molecule has 0 bridgehead atoms. The SMILES string of the molecule is CCn1ccn(CCCCN)c1=O. The lowest BCUT2D eigenvalue weighted by atomic mass is 10.3. The molecular weight excluding hydrogens is 166 g/mol. The van der Waals surface area contributed by atoms with Crippen LogP contribution in [0.5, 0.6) is 0 Å². The van der Waals surface area contributed by atoms with Crippen molar-refractivity contribution in [3.05, 3.63) is 22.9 Å². The Bertz CT molecular complexity index is 300. The van der Waals surface area contributed by atoms with Crippen LogP contribution in [0.15, 0.2) is 17.2 Å². The minimum Gasteiger partial charge on any atom is -0.330 e. The monoisotopic (exact) mass is 183 g/mol. The minimum atomic E-state index is 0.0829. The van der Waals surface area contributed by atoms with E-state index in [0.717, 1.165) is 25.9 Å². The van der Waals surface area contributed by atoms with E-state index < -0.39 is 0 Å². The van der Waals surface area contributed by atoms with E-state index in [4.69, 9.17) is 5.73 Å². The summed E-state index contributed by atoms with van der Waals surface area (Å²) >= 11 is 0. The molecule has 0 aromatic carbocycles. The van der Waals surface area contributed by atoms with Gasteiger partial charge in [0, 0.05) is 25.5 Å². The average molecular weight is 183 g/mol. The third-order valence-corrected chi connectivity index (χ3v) is 2.11. The van der Waals surface area contributed by atoms with Crippen molar-refractivity contribution in [2.75, 3.05) is 6.54 Å². The van der Waals surface area contributed by atoms with E-state index in [-0.39, 0.29) is 5.69 Å². The van der Waals surface area contributed by atoms with Crippen LogP contribution in [0.4, 0.5) is 0 Å².